The molecule has 1 fully saturated rings. The maximum absolute atomic E-state index is 9.85. The Hall–Kier alpha value is -0.610. The second-order valence-corrected chi connectivity index (χ2v) is 6.53. The summed E-state index contributed by atoms with van der Waals surface area (Å²) < 4.78 is 5.51. The Kier molecular flexibility index (Phi) is 5.85. The Morgan fingerprint density at radius 2 is 2.05 bits per heavy atom. The number of halogens is 1. The molecule has 1 aromatic carbocycles. The summed E-state index contributed by atoms with van der Waals surface area (Å²) in [4.78, 5) is 0. The van der Waals surface area contributed by atoms with Crippen LogP contribution in [-0.2, 0) is 11.3 Å². The summed E-state index contributed by atoms with van der Waals surface area (Å²) in [5, 5.41) is 13.9. The van der Waals surface area contributed by atoms with E-state index < -0.39 is 6.10 Å². The first-order valence-electron chi connectivity index (χ1n) is 7.28. The molecule has 4 heteroatoms. The van der Waals surface area contributed by atoms with E-state index in [1.165, 1.54) is 19.3 Å². The van der Waals surface area contributed by atoms with Gasteiger partial charge in [-0.2, -0.15) is 0 Å². The van der Waals surface area contributed by atoms with E-state index in [9.17, 15) is 5.11 Å². The summed E-state index contributed by atoms with van der Waals surface area (Å²) in [7, 11) is 0. The average Bonchev–Trinajstić information content (AvgIpc) is 2.39. The van der Waals surface area contributed by atoms with Gasteiger partial charge in [0.15, 0.2) is 0 Å². The number of hydrogen-bond acceptors (Lipinski definition) is 3. The smallest absolute Gasteiger partial charge is 0.0897 e. The van der Waals surface area contributed by atoms with E-state index >= 15 is 0 Å². The number of aliphatic hydroxyl groups excluding tert-OH is 1. The Morgan fingerprint density at radius 3 is 2.65 bits per heavy atom. The second kappa shape index (κ2) is 7.41. The molecule has 1 aliphatic carbocycles. The molecule has 2 rings (SSSR count). The van der Waals surface area contributed by atoms with Gasteiger partial charge in [0.1, 0.15) is 0 Å². The quantitative estimate of drug-likeness (QED) is 0.775. The lowest BCUT2D eigenvalue weighted by Gasteiger charge is -2.38. The maximum Gasteiger partial charge on any atom is 0.0897 e. The maximum atomic E-state index is 9.85. The molecule has 0 amide bonds. The first-order valence-corrected chi connectivity index (χ1v) is 7.66. The third-order valence-electron chi connectivity index (χ3n) is 3.98. The molecule has 1 unspecified atom stereocenters. The van der Waals surface area contributed by atoms with Gasteiger partial charge in [-0.25, -0.2) is 0 Å². The predicted molar refractivity (Wildman–Crippen MR) is 81.9 cm³/mol. The second-order valence-electron chi connectivity index (χ2n) is 6.09. The van der Waals surface area contributed by atoms with Gasteiger partial charge in [-0.15, -0.1) is 0 Å². The number of nitrogens with one attached hydrogen (secondary N) is 1. The minimum absolute atomic E-state index is 0.354. The highest BCUT2D eigenvalue weighted by Crippen LogP contribution is 2.39. The molecule has 0 aromatic heterocycles. The van der Waals surface area contributed by atoms with E-state index in [0.717, 1.165) is 17.1 Å². The van der Waals surface area contributed by atoms with Gasteiger partial charge in [-0.1, -0.05) is 37.1 Å². The van der Waals surface area contributed by atoms with Crippen molar-refractivity contribution in [1.82, 2.24) is 5.32 Å². The summed E-state index contributed by atoms with van der Waals surface area (Å²) in [6.07, 6.45) is 3.48. The highest BCUT2D eigenvalue weighted by atomic mass is 35.5. The summed E-state index contributed by atoms with van der Waals surface area (Å²) in [5.74, 6) is 0. The summed E-state index contributed by atoms with van der Waals surface area (Å²) in [5.41, 5.74) is 1.51. The number of benzene rings is 1. The van der Waals surface area contributed by atoms with Crippen molar-refractivity contribution < 1.29 is 9.84 Å². The molecule has 2 N–H and O–H groups in total. The first-order chi connectivity index (χ1) is 9.57. The molecule has 1 aliphatic rings. The van der Waals surface area contributed by atoms with Crippen molar-refractivity contribution in [2.24, 2.45) is 5.41 Å². The zero-order valence-electron chi connectivity index (χ0n) is 12.1. The van der Waals surface area contributed by atoms with Gasteiger partial charge < -0.3 is 15.2 Å². The van der Waals surface area contributed by atoms with Crippen LogP contribution in [0.4, 0.5) is 0 Å². The highest BCUT2D eigenvalue weighted by molar-refractivity contribution is 6.30. The fourth-order valence-electron chi connectivity index (χ4n) is 2.45. The van der Waals surface area contributed by atoms with Gasteiger partial charge in [0.05, 0.1) is 19.3 Å². The number of aliphatic hydroxyl groups is 1. The lowest BCUT2D eigenvalue weighted by molar-refractivity contribution is 0.0262. The standard InChI is InChI=1S/C16H24ClNO2/c1-16(7-2-8-16)12-18-9-15(19)11-20-10-13-3-5-14(17)6-4-13/h3-6,15,18-19H,2,7-12H2,1H3. The van der Waals surface area contributed by atoms with Gasteiger partial charge in [-0.05, 0) is 36.0 Å². The van der Waals surface area contributed by atoms with E-state index in [-0.39, 0.29) is 0 Å². The molecule has 0 bridgehead atoms. The van der Waals surface area contributed by atoms with Crippen molar-refractivity contribution in [3.05, 3.63) is 34.9 Å². The number of rotatable bonds is 8. The number of ether oxygens (including phenoxy) is 1. The van der Waals surface area contributed by atoms with Crippen LogP contribution in [0.1, 0.15) is 31.7 Å². The van der Waals surface area contributed by atoms with Gasteiger partial charge >= 0.3 is 0 Å². The molecule has 0 radical (unpaired) electrons. The summed E-state index contributed by atoms with van der Waals surface area (Å²) in [6.45, 7) is 4.74. The Balaban J connectivity index is 1.55. The molecule has 0 spiro atoms. The average molecular weight is 298 g/mol. The van der Waals surface area contributed by atoms with Crippen LogP contribution >= 0.6 is 11.6 Å². The molecule has 0 heterocycles. The van der Waals surface area contributed by atoms with Crippen LogP contribution in [0.2, 0.25) is 5.02 Å². The first kappa shape index (κ1) is 15.8. The highest BCUT2D eigenvalue weighted by Gasteiger charge is 2.31. The van der Waals surface area contributed by atoms with E-state index in [1.807, 2.05) is 24.3 Å². The van der Waals surface area contributed by atoms with Gasteiger partial charge in [0.2, 0.25) is 0 Å². The van der Waals surface area contributed by atoms with Gasteiger partial charge in [0.25, 0.3) is 0 Å². The molecular weight excluding hydrogens is 274 g/mol. The molecular formula is C16H24ClNO2. The molecule has 20 heavy (non-hydrogen) atoms. The molecule has 1 atom stereocenters. The summed E-state index contributed by atoms with van der Waals surface area (Å²) >= 11 is 5.82. The van der Waals surface area contributed by atoms with E-state index in [1.54, 1.807) is 0 Å². The molecule has 0 aliphatic heterocycles. The van der Waals surface area contributed by atoms with Crippen molar-refractivity contribution in [2.75, 3.05) is 19.7 Å². The zero-order valence-corrected chi connectivity index (χ0v) is 12.8. The third kappa shape index (κ3) is 5.06. The minimum Gasteiger partial charge on any atom is -0.389 e. The fraction of sp³-hybridized carbons (Fsp3) is 0.625. The van der Waals surface area contributed by atoms with Crippen LogP contribution in [0.5, 0.6) is 0 Å². The van der Waals surface area contributed by atoms with Crippen molar-refractivity contribution in [2.45, 2.75) is 38.9 Å². The van der Waals surface area contributed by atoms with Crippen LogP contribution in [0.15, 0.2) is 24.3 Å². The van der Waals surface area contributed by atoms with E-state index in [0.29, 0.717) is 25.2 Å². The van der Waals surface area contributed by atoms with Crippen molar-refractivity contribution >= 4 is 11.6 Å². The Bertz CT molecular complexity index is 403. The van der Waals surface area contributed by atoms with E-state index in [2.05, 4.69) is 12.2 Å². The Labute approximate surface area is 126 Å². The van der Waals surface area contributed by atoms with Crippen LogP contribution in [-0.4, -0.2) is 30.9 Å². The lowest BCUT2D eigenvalue weighted by atomic mass is 9.70. The zero-order chi connectivity index (χ0) is 14.4. The molecule has 112 valence electrons. The van der Waals surface area contributed by atoms with Crippen molar-refractivity contribution in [3.63, 3.8) is 0 Å². The van der Waals surface area contributed by atoms with Crippen LogP contribution in [0.3, 0.4) is 0 Å². The molecule has 3 nitrogen and oxygen atoms in total. The van der Waals surface area contributed by atoms with Gasteiger partial charge in [0, 0.05) is 18.1 Å². The predicted octanol–water partition coefficient (Wildman–Crippen LogP) is 3.00. The van der Waals surface area contributed by atoms with Crippen LogP contribution in [0.25, 0.3) is 0 Å². The van der Waals surface area contributed by atoms with Crippen LogP contribution in [0, 0.1) is 5.41 Å². The van der Waals surface area contributed by atoms with Crippen molar-refractivity contribution in [3.8, 4) is 0 Å². The van der Waals surface area contributed by atoms with Crippen molar-refractivity contribution in [1.29, 1.82) is 0 Å². The number of hydrogen-bond donors (Lipinski definition) is 2. The summed E-state index contributed by atoms with van der Waals surface area (Å²) in [6, 6.07) is 7.56. The van der Waals surface area contributed by atoms with Crippen LogP contribution < -0.4 is 5.32 Å². The Morgan fingerprint density at radius 1 is 1.35 bits per heavy atom. The monoisotopic (exact) mass is 297 g/mol. The third-order valence-corrected chi connectivity index (χ3v) is 4.24. The van der Waals surface area contributed by atoms with Gasteiger partial charge in [-0.3, -0.25) is 0 Å². The lowest BCUT2D eigenvalue weighted by Crippen LogP contribution is -2.41. The minimum atomic E-state index is -0.453. The van der Waals surface area contributed by atoms with E-state index in [4.69, 9.17) is 16.3 Å². The molecule has 0 saturated heterocycles. The molecule has 1 saturated carbocycles. The SMILES string of the molecule is CC1(CNCC(O)COCc2ccc(Cl)cc2)CCC1. The normalized spacial score (nSPS) is 18.6. The fourth-order valence-corrected chi connectivity index (χ4v) is 2.58. The topological polar surface area (TPSA) is 41.5 Å². The molecule has 1 aromatic rings. The largest absolute Gasteiger partial charge is 0.389 e.